The Labute approximate surface area is 62.5 Å². The van der Waals surface area contributed by atoms with Gasteiger partial charge in [0.05, 0.1) is 0 Å². The van der Waals surface area contributed by atoms with Gasteiger partial charge >= 0.3 is 0 Å². The molecule has 0 saturated carbocycles. The molecule has 0 amide bonds. The molecule has 10 heavy (non-hydrogen) atoms. The fourth-order valence-corrected chi connectivity index (χ4v) is 2.08. The van der Waals surface area contributed by atoms with Gasteiger partial charge in [0.1, 0.15) is 0 Å². The van der Waals surface area contributed by atoms with Crippen molar-refractivity contribution < 1.29 is 0 Å². The molecule has 2 rings (SSSR count). The minimum atomic E-state index is 0.725. The van der Waals surface area contributed by atoms with Crippen LogP contribution < -0.4 is 5.32 Å². The maximum atomic E-state index is 3.53. The Hall–Kier alpha value is -0.300. The van der Waals surface area contributed by atoms with E-state index in [9.17, 15) is 0 Å². The van der Waals surface area contributed by atoms with Gasteiger partial charge in [-0.05, 0) is 38.1 Å². The van der Waals surface area contributed by atoms with Crippen LogP contribution in [0.1, 0.15) is 25.7 Å². The molecular formula is C9H15N. The molecule has 2 atom stereocenters. The molecule has 0 spiro atoms. The predicted octanol–water partition coefficient (Wildman–Crippen LogP) is 1.70. The van der Waals surface area contributed by atoms with Gasteiger partial charge in [-0.15, -0.1) is 0 Å². The van der Waals surface area contributed by atoms with E-state index in [2.05, 4.69) is 17.5 Å². The summed E-state index contributed by atoms with van der Waals surface area (Å²) in [5.74, 6) is 0.957. The predicted molar refractivity (Wildman–Crippen MR) is 42.9 cm³/mol. The number of piperidine rings is 1. The Kier molecular flexibility index (Phi) is 1.76. The summed E-state index contributed by atoms with van der Waals surface area (Å²) in [6.07, 6.45) is 10.2. The second-order valence-electron chi connectivity index (χ2n) is 3.39. The summed E-state index contributed by atoms with van der Waals surface area (Å²) in [5, 5.41) is 3.53. The van der Waals surface area contributed by atoms with Gasteiger partial charge in [-0.25, -0.2) is 0 Å². The zero-order valence-electron chi connectivity index (χ0n) is 6.34. The van der Waals surface area contributed by atoms with Crippen molar-refractivity contribution in [2.45, 2.75) is 31.7 Å². The van der Waals surface area contributed by atoms with E-state index in [1.165, 1.54) is 32.2 Å². The number of nitrogens with one attached hydrogen (secondary N) is 1. The van der Waals surface area contributed by atoms with Crippen molar-refractivity contribution in [1.82, 2.24) is 5.32 Å². The molecule has 1 aliphatic heterocycles. The Morgan fingerprint density at radius 3 is 3.20 bits per heavy atom. The zero-order valence-corrected chi connectivity index (χ0v) is 6.34. The molecular weight excluding hydrogens is 122 g/mol. The lowest BCUT2D eigenvalue weighted by Gasteiger charge is -2.32. The van der Waals surface area contributed by atoms with E-state index in [0.717, 1.165) is 12.0 Å². The van der Waals surface area contributed by atoms with Gasteiger partial charge in [-0.1, -0.05) is 12.2 Å². The third-order valence-electron chi connectivity index (χ3n) is 2.69. The number of allylic oxidation sites excluding steroid dienone is 1. The van der Waals surface area contributed by atoms with Gasteiger partial charge in [-0.2, -0.15) is 0 Å². The summed E-state index contributed by atoms with van der Waals surface area (Å²) in [6, 6.07) is 0.725. The van der Waals surface area contributed by atoms with Crippen LogP contribution in [0.4, 0.5) is 0 Å². The van der Waals surface area contributed by atoms with E-state index in [-0.39, 0.29) is 0 Å². The molecule has 1 nitrogen and oxygen atoms in total. The smallest absolute Gasteiger partial charge is 0.0278 e. The van der Waals surface area contributed by atoms with Crippen LogP contribution in [0.5, 0.6) is 0 Å². The first-order chi connectivity index (χ1) is 4.97. The van der Waals surface area contributed by atoms with E-state index < -0.39 is 0 Å². The summed E-state index contributed by atoms with van der Waals surface area (Å²) >= 11 is 0. The van der Waals surface area contributed by atoms with Crippen LogP contribution in [-0.4, -0.2) is 12.6 Å². The third-order valence-corrected chi connectivity index (χ3v) is 2.69. The van der Waals surface area contributed by atoms with Crippen LogP contribution in [0.2, 0.25) is 0 Å². The molecule has 0 bridgehead atoms. The Morgan fingerprint density at radius 2 is 2.30 bits per heavy atom. The first-order valence-corrected chi connectivity index (χ1v) is 4.37. The van der Waals surface area contributed by atoms with Crippen molar-refractivity contribution in [2.24, 2.45) is 5.92 Å². The standard InChI is InChI=1S/C9H15N/c1-2-6-9-8(4-1)5-3-7-10-9/h2,6,8-10H,1,3-5,7H2/t8-,9-/m1/s1. The molecule has 1 N–H and O–H groups in total. The first kappa shape index (κ1) is 6.41. The van der Waals surface area contributed by atoms with Gasteiger partial charge in [0, 0.05) is 6.04 Å². The maximum Gasteiger partial charge on any atom is 0.0278 e. The largest absolute Gasteiger partial charge is 0.310 e. The van der Waals surface area contributed by atoms with Crippen molar-refractivity contribution in [3.63, 3.8) is 0 Å². The van der Waals surface area contributed by atoms with Crippen molar-refractivity contribution >= 4 is 0 Å². The Balaban J connectivity index is 2.03. The molecule has 0 aromatic heterocycles. The Morgan fingerprint density at radius 1 is 1.30 bits per heavy atom. The van der Waals surface area contributed by atoms with Gasteiger partial charge in [-0.3, -0.25) is 0 Å². The number of fused-ring (bicyclic) bond motifs is 1. The van der Waals surface area contributed by atoms with Crippen LogP contribution in [0.3, 0.4) is 0 Å². The summed E-state index contributed by atoms with van der Waals surface area (Å²) in [4.78, 5) is 0. The van der Waals surface area contributed by atoms with Crippen LogP contribution in [0.25, 0.3) is 0 Å². The van der Waals surface area contributed by atoms with Crippen LogP contribution >= 0.6 is 0 Å². The number of rotatable bonds is 0. The lowest BCUT2D eigenvalue weighted by molar-refractivity contribution is 0.295. The average Bonchev–Trinajstić information content (AvgIpc) is 2.05. The highest BCUT2D eigenvalue weighted by atomic mass is 14.9. The van der Waals surface area contributed by atoms with Crippen LogP contribution in [0, 0.1) is 5.92 Å². The molecule has 0 radical (unpaired) electrons. The monoisotopic (exact) mass is 137 g/mol. The minimum Gasteiger partial charge on any atom is -0.310 e. The first-order valence-electron chi connectivity index (χ1n) is 4.37. The highest BCUT2D eigenvalue weighted by Gasteiger charge is 2.23. The molecule has 1 fully saturated rings. The highest BCUT2D eigenvalue weighted by molar-refractivity contribution is 5.02. The molecule has 0 aromatic rings. The van der Waals surface area contributed by atoms with E-state index in [4.69, 9.17) is 0 Å². The molecule has 1 heteroatoms. The van der Waals surface area contributed by atoms with E-state index in [1.807, 2.05) is 0 Å². The fraction of sp³-hybridized carbons (Fsp3) is 0.778. The highest BCUT2D eigenvalue weighted by Crippen LogP contribution is 2.25. The zero-order chi connectivity index (χ0) is 6.81. The molecule has 1 aliphatic carbocycles. The normalized spacial score (nSPS) is 39.2. The van der Waals surface area contributed by atoms with Crippen LogP contribution in [-0.2, 0) is 0 Å². The number of hydrogen-bond acceptors (Lipinski definition) is 1. The molecule has 1 heterocycles. The number of hydrogen-bond donors (Lipinski definition) is 1. The summed E-state index contributed by atoms with van der Waals surface area (Å²) < 4.78 is 0. The molecule has 1 saturated heterocycles. The molecule has 0 unspecified atom stereocenters. The van der Waals surface area contributed by atoms with E-state index >= 15 is 0 Å². The third kappa shape index (κ3) is 1.10. The molecule has 2 aliphatic rings. The Bertz CT molecular complexity index is 140. The second-order valence-corrected chi connectivity index (χ2v) is 3.39. The van der Waals surface area contributed by atoms with Gasteiger partial charge in [0.2, 0.25) is 0 Å². The van der Waals surface area contributed by atoms with Gasteiger partial charge < -0.3 is 5.32 Å². The average molecular weight is 137 g/mol. The molecule has 56 valence electrons. The summed E-state index contributed by atoms with van der Waals surface area (Å²) in [5.41, 5.74) is 0. The fourth-order valence-electron chi connectivity index (χ4n) is 2.08. The van der Waals surface area contributed by atoms with E-state index in [0.29, 0.717) is 0 Å². The topological polar surface area (TPSA) is 12.0 Å². The van der Waals surface area contributed by atoms with Crippen molar-refractivity contribution in [2.75, 3.05) is 6.54 Å². The second kappa shape index (κ2) is 2.75. The summed E-state index contributed by atoms with van der Waals surface area (Å²) in [7, 11) is 0. The van der Waals surface area contributed by atoms with Gasteiger partial charge in [0.25, 0.3) is 0 Å². The summed E-state index contributed by atoms with van der Waals surface area (Å²) in [6.45, 7) is 1.23. The van der Waals surface area contributed by atoms with Crippen molar-refractivity contribution in [3.05, 3.63) is 12.2 Å². The van der Waals surface area contributed by atoms with E-state index in [1.54, 1.807) is 0 Å². The van der Waals surface area contributed by atoms with Crippen molar-refractivity contribution in [1.29, 1.82) is 0 Å². The van der Waals surface area contributed by atoms with Crippen molar-refractivity contribution in [3.8, 4) is 0 Å². The molecule has 0 aromatic carbocycles. The van der Waals surface area contributed by atoms with Crippen LogP contribution in [0.15, 0.2) is 12.2 Å². The lowest BCUT2D eigenvalue weighted by atomic mass is 9.83. The lowest BCUT2D eigenvalue weighted by Crippen LogP contribution is -2.40. The van der Waals surface area contributed by atoms with Gasteiger partial charge in [0.15, 0.2) is 0 Å². The maximum absolute atomic E-state index is 3.53. The SMILES string of the molecule is C1=C[C@H]2NCCC[C@H]2CC1. The minimum absolute atomic E-state index is 0.725. The quantitative estimate of drug-likeness (QED) is 0.501.